The molecule has 2 heterocycles. The number of pyridine rings is 1. The van der Waals surface area contributed by atoms with Crippen LogP contribution in [0, 0.1) is 5.82 Å². The smallest absolute Gasteiger partial charge is 0.241 e. The number of anilines is 1. The first-order chi connectivity index (χ1) is 15.5. The van der Waals surface area contributed by atoms with Crippen molar-refractivity contribution in [2.75, 3.05) is 33.1 Å². The molecule has 4 rings (SSSR count). The monoisotopic (exact) mass is 431 g/mol. The minimum Gasteiger partial charge on any atom is -0.494 e. The lowest BCUT2D eigenvalue weighted by atomic mass is 10.0. The summed E-state index contributed by atoms with van der Waals surface area (Å²) < 4.78 is 19.5. The summed E-state index contributed by atoms with van der Waals surface area (Å²) in [4.78, 5) is 27.2. The maximum absolute atomic E-state index is 13.8. The molecule has 162 valence electrons. The Kier molecular flexibility index (Phi) is 5.93. The zero-order valence-electron chi connectivity index (χ0n) is 18.0. The molecule has 4 aromatic rings. The second-order valence-corrected chi connectivity index (χ2v) is 7.36. The molecule has 1 N–H and O–H groups in total. The van der Waals surface area contributed by atoms with E-state index in [0.29, 0.717) is 33.9 Å². The third kappa shape index (κ3) is 4.34. The summed E-state index contributed by atoms with van der Waals surface area (Å²) in [6.07, 6.45) is 3.34. The molecule has 7 nitrogen and oxygen atoms in total. The number of carbonyl (C=O) groups excluding carboxylic acids is 1. The lowest BCUT2D eigenvalue weighted by Crippen LogP contribution is -2.28. The quantitative estimate of drug-likeness (QED) is 0.497. The second kappa shape index (κ2) is 8.97. The number of rotatable bonds is 6. The molecule has 0 aliphatic carbocycles. The molecule has 2 aromatic heterocycles. The first kappa shape index (κ1) is 21.2. The van der Waals surface area contributed by atoms with E-state index in [1.54, 1.807) is 45.7 Å². The van der Waals surface area contributed by atoms with E-state index in [1.807, 2.05) is 24.3 Å². The molecule has 32 heavy (non-hydrogen) atoms. The first-order valence-electron chi connectivity index (χ1n) is 9.96. The average Bonchev–Trinajstić information content (AvgIpc) is 2.81. The van der Waals surface area contributed by atoms with Crippen LogP contribution in [0.4, 0.5) is 10.2 Å². The van der Waals surface area contributed by atoms with Gasteiger partial charge in [0.25, 0.3) is 0 Å². The van der Waals surface area contributed by atoms with Crippen LogP contribution < -0.4 is 10.1 Å². The third-order valence-electron chi connectivity index (χ3n) is 4.97. The molecule has 0 saturated carbocycles. The van der Waals surface area contributed by atoms with Crippen molar-refractivity contribution in [1.29, 1.82) is 0 Å². The third-order valence-corrected chi connectivity index (χ3v) is 4.97. The van der Waals surface area contributed by atoms with Gasteiger partial charge in [0.1, 0.15) is 22.9 Å². The van der Waals surface area contributed by atoms with E-state index in [4.69, 9.17) is 9.72 Å². The summed E-state index contributed by atoms with van der Waals surface area (Å²) in [6, 6.07) is 13.6. The molecule has 0 radical (unpaired) electrons. The van der Waals surface area contributed by atoms with E-state index in [0.717, 1.165) is 11.1 Å². The van der Waals surface area contributed by atoms with Crippen LogP contribution in [0.15, 0.2) is 60.9 Å². The van der Waals surface area contributed by atoms with E-state index in [-0.39, 0.29) is 18.3 Å². The van der Waals surface area contributed by atoms with Gasteiger partial charge < -0.3 is 15.0 Å². The molecule has 1 amide bonds. The number of aromatic nitrogens is 3. The number of nitrogens with zero attached hydrogens (tertiary/aromatic N) is 4. The fraction of sp³-hybridized carbons (Fsp3) is 0.167. The molecule has 0 fully saturated rings. The van der Waals surface area contributed by atoms with Crippen molar-refractivity contribution in [3.63, 3.8) is 0 Å². The Morgan fingerprint density at radius 3 is 2.56 bits per heavy atom. The van der Waals surface area contributed by atoms with Gasteiger partial charge in [0.15, 0.2) is 5.82 Å². The highest BCUT2D eigenvalue weighted by atomic mass is 19.1. The standard InChI is InChI=1S/C24H22FN5O2/c1-30(2)21(31)14-27-24-19-11-17(15-6-4-8-18(25)10-15)12-20(32-3)22(19)28-23(29-24)16-7-5-9-26-13-16/h4-13H,14H2,1-3H3,(H,27,28,29). The van der Waals surface area contributed by atoms with Gasteiger partial charge in [-0.3, -0.25) is 9.78 Å². The SMILES string of the molecule is COc1cc(-c2cccc(F)c2)cc2c(NCC(=O)N(C)C)nc(-c3cccnc3)nc12. The van der Waals surface area contributed by atoms with E-state index in [1.165, 1.54) is 17.0 Å². The molecule has 2 aromatic carbocycles. The molecule has 0 unspecified atom stereocenters. The molecule has 0 spiro atoms. The zero-order valence-corrected chi connectivity index (χ0v) is 18.0. The number of benzene rings is 2. The zero-order chi connectivity index (χ0) is 22.7. The minimum absolute atomic E-state index is 0.0537. The second-order valence-electron chi connectivity index (χ2n) is 7.36. The number of likely N-dealkylation sites (N-methyl/N-ethyl adjacent to an activating group) is 1. The Hall–Kier alpha value is -4.07. The molecule has 8 heteroatoms. The number of hydrogen-bond acceptors (Lipinski definition) is 6. The van der Waals surface area contributed by atoms with Crippen LogP contribution in [-0.4, -0.2) is 53.5 Å². The van der Waals surface area contributed by atoms with Crippen molar-refractivity contribution in [1.82, 2.24) is 19.9 Å². The summed E-state index contributed by atoms with van der Waals surface area (Å²) >= 11 is 0. The summed E-state index contributed by atoms with van der Waals surface area (Å²) in [6.45, 7) is 0.0537. The Balaban J connectivity index is 1.92. The lowest BCUT2D eigenvalue weighted by molar-refractivity contribution is -0.126. The maximum atomic E-state index is 13.8. The molecule has 0 atom stereocenters. The summed E-state index contributed by atoms with van der Waals surface area (Å²) in [5.74, 6) is 0.992. The summed E-state index contributed by atoms with van der Waals surface area (Å²) in [5, 5.41) is 3.78. The largest absolute Gasteiger partial charge is 0.494 e. The molecule has 0 bridgehead atoms. The first-order valence-corrected chi connectivity index (χ1v) is 9.96. The van der Waals surface area contributed by atoms with Gasteiger partial charge in [0.05, 0.1) is 13.7 Å². The average molecular weight is 431 g/mol. The van der Waals surface area contributed by atoms with E-state index < -0.39 is 0 Å². The number of amides is 1. The number of hydrogen-bond donors (Lipinski definition) is 1. The van der Waals surface area contributed by atoms with Crippen LogP contribution in [0.25, 0.3) is 33.4 Å². The van der Waals surface area contributed by atoms with Gasteiger partial charge in [-0.2, -0.15) is 0 Å². The normalized spacial score (nSPS) is 10.8. The van der Waals surface area contributed by atoms with Crippen molar-refractivity contribution in [2.24, 2.45) is 0 Å². The van der Waals surface area contributed by atoms with Crippen LogP contribution in [0.2, 0.25) is 0 Å². The molecular formula is C24H22FN5O2. The molecule has 0 aliphatic heterocycles. The fourth-order valence-corrected chi connectivity index (χ4v) is 3.27. The highest BCUT2D eigenvalue weighted by Gasteiger charge is 2.17. The van der Waals surface area contributed by atoms with Gasteiger partial charge in [-0.15, -0.1) is 0 Å². The van der Waals surface area contributed by atoms with Crippen molar-refractivity contribution in [3.8, 4) is 28.3 Å². The van der Waals surface area contributed by atoms with Gasteiger partial charge >= 0.3 is 0 Å². The van der Waals surface area contributed by atoms with Crippen LogP contribution in [0.1, 0.15) is 0 Å². The van der Waals surface area contributed by atoms with Crippen LogP contribution in [-0.2, 0) is 4.79 Å². The number of nitrogens with one attached hydrogen (secondary N) is 1. The molecule has 0 saturated heterocycles. The Labute approximate surface area is 184 Å². The number of ether oxygens (including phenoxy) is 1. The van der Waals surface area contributed by atoms with Gasteiger partial charge in [0.2, 0.25) is 5.91 Å². The predicted molar refractivity (Wildman–Crippen MR) is 122 cm³/mol. The van der Waals surface area contributed by atoms with Crippen molar-refractivity contribution in [2.45, 2.75) is 0 Å². The number of fused-ring (bicyclic) bond motifs is 1. The van der Waals surface area contributed by atoms with Crippen molar-refractivity contribution < 1.29 is 13.9 Å². The van der Waals surface area contributed by atoms with Gasteiger partial charge in [-0.1, -0.05) is 12.1 Å². The predicted octanol–water partition coefficient (Wildman–Crippen LogP) is 4.01. The lowest BCUT2D eigenvalue weighted by Gasteiger charge is -2.16. The van der Waals surface area contributed by atoms with E-state index >= 15 is 0 Å². The van der Waals surface area contributed by atoms with E-state index in [2.05, 4.69) is 15.3 Å². The highest BCUT2D eigenvalue weighted by Crippen LogP contribution is 2.36. The summed E-state index contributed by atoms with van der Waals surface area (Å²) in [5.41, 5.74) is 2.74. The Morgan fingerprint density at radius 2 is 1.88 bits per heavy atom. The van der Waals surface area contributed by atoms with Gasteiger partial charge in [0, 0.05) is 37.4 Å². The molecule has 0 aliphatic rings. The van der Waals surface area contributed by atoms with Gasteiger partial charge in [-0.25, -0.2) is 14.4 Å². The van der Waals surface area contributed by atoms with Crippen LogP contribution in [0.5, 0.6) is 5.75 Å². The summed E-state index contributed by atoms with van der Waals surface area (Å²) in [7, 11) is 4.93. The van der Waals surface area contributed by atoms with Crippen molar-refractivity contribution >= 4 is 22.6 Å². The minimum atomic E-state index is -0.334. The Morgan fingerprint density at radius 1 is 1.06 bits per heavy atom. The van der Waals surface area contributed by atoms with Crippen molar-refractivity contribution in [3.05, 3.63) is 66.7 Å². The van der Waals surface area contributed by atoms with Crippen LogP contribution >= 0.6 is 0 Å². The fourth-order valence-electron chi connectivity index (χ4n) is 3.27. The molecular weight excluding hydrogens is 409 g/mol. The highest BCUT2D eigenvalue weighted by molar-refractivity contribution is 5.98. The number of halogens is 1. The maximum Gasteiger partial charge on any atom is 0.241 e. The van der Waals surface area contributed by atoms with Crippen LogP contribution in [0.3, 0.4) is 0 Å². The Bertz CT molecular complexity index is 1280. The number of carbonyl (C=O) groups is 1. The van der Waals surface area contributed by atoms with Gasteiger partial charge in [-0.05, 0) is 47.5 Å². The van der Waals surface area contributed by atoms with E-state index in [9.17, 15) is 9.18 Å². The number of methoxy groups -OCH3 is 1. The topological polar surface area (TPSA) is 80.2 Å².